The zero-order chi connectivity index (χ0) is 33.1. The van der Waals surface area contributed by atoms with Gasteiger partial charge in [0, 0.05) is 22.3 Å². The molecule has 2 aliphatic rings. The quantitative estimate of drug-likeness (QED) is 0.192. The number of aromatic nitrogens is 1. The summed E-state index contributed by atoms with van der Waals surface area (Å²) >= 11 is 0. The summed E-state index contributed by atoms with van der Waals surface area (Å²) < 4.78 is 6.71. The summed E-state index contributed by atoms with van der Waals surface area (Å²) in [6.07, 6.45) is 0. The third kappa shape index (κ3) is 4.32. The van der Waals surface area contributed by atoms with E-state index in [-0.39, 0.29) is 0 Å². The van der Waals surface area contributed by atoms with E-state index in [1.54, 1.807) is 0 Å². The minimum atomic E-state index is -0.515. The number of hydrogen-bond acceptors (Lipinski definition) is 2. The Morgan fingerprint density at radius 3 is 1.44 bits per heavy atom. The van der Waals surface area contributed by atoms with Gasteiger partial charge < -0.3 is 4.74 Å². The van der Waals surface area contributed by atoms with E-state index < -0.39 is 5.41 Å². The predicted molar refractivity (Wildman–Crippen MR) is 203 cm³/mol. The minimum absolute atomic E-state index is 0.515. The van der Waals surface area contributed by atoms with Crippen LogP contribution in [0.2, 0.25) is 0 Å². The third-order valence-electron chi connectivity index (χ3n) is 10.4. The number of hydrogen-bond donors (Lipinski definition) is 0. The van der Waals surface area contributed by atoms with Crippen molar-refractivity contribution in [3.63, 3.8) is 0 Å². The molecule has 1 aromatic heterocycles. The average molecular weight is 638 g/mol. The van der Waals surface area contributed by atoms with Crippen molar-refractivity contribution >= 4 is 0 Å². The molecule has 0 saturated carbocycles. The van der Waals surface area contributed by atoms with Crippen molar-refractivity contribution < 1.29 is 4.74 Å². The van der Waals surface area contributed by atoms with Gasteiger partial charge in [0.2, 0.25) is 0 Å². The van der Waals surface area contributed by atoms with Gasteiger partial charge >= 0.3 is 0 Å². The van der Waals surface area contributed by atoms with E-state index in [9.17, 15) is 0 Å². The van der Waals surface area contributed by atoms with Crippen molar-refractivity contribution in [1.82, 2.24) is 4.98 Å². The van der Waals surface area contributed by atoms with Crippen LogP contribution in [0, 0.1) is 0 Å². The van der Waals surface area contributed by atoms with E-state index in [0.29, 0.717) is 0 Å². The predicted octanol–water partition coefficient (Wildman–Crippen LogP) is 12.2. The highest BCUT2D eigenvalue weighted by atomic mass is 16.5. The first-order valence-electron chi connectivity index (χ1n) is 17.1. The molecule has 1 aliphatic carbocycles. The Kier molecular flexibility index (Phi) is 6.43. The van der Waals surface area contributed by atoms with Crippen molar-refractivity contribution in [2.45, 2.75) is 5.41 Å². The van der Waals surface area contributed by atoms with E-state index >= 15 is 0 Å². The van der Waals surface area contributed by atoms with Crippen molar-refractivity contribution in [1.29, 1.82) is 0 Å². The summed E-state index contributed by atoms with van der Waals surface area (Å²) in [6.45, 7) is 0. The van der Waals surface area contributed by atoms with Crippen LogP contribution in [-0.4, -0.2) is 4.98 Å². The number of fused-ring (bicyclic) bond motifs is 9. The van der Waals surface area contributed by atoms with Gasteiger partial charge in [-0.05, 0) is 74.8 Å². The highest BCUT2D eigenvalue weighted by Gasteiger charge is 2.51. The molecule has 8 aromatic rings. The first-order chi connectivity index (χ1) is 24.8. The van der Waals surface area contributed by atoms with Gasteiger partial charge in [-0.3, -0.25) is 0 Å². The van der Waals surface area contributed by atoms with Crippen LogP contribution in [-0.2, 0) is 5.41 Å². The number of nitrogens with zero attached hydrogens (tertiary/aromatic N) is 1. The van der Waals surface area contributed by atoms with Crippen molar-refractivity contribution in [3.05, 3.63) is 210 Å². The molecule has 234 valence electrons. The fourth-order valence-corrected chi connectivity index (χ4v) is 8.10. The summed E-state index contributed by atoms with van der Waals surface area (Å²) in [7, 11) is 0. The Bertz CT molecular complexity index is 2510. The van der Waals surface area contributed by atoms with Crippen molar-refractivity contribution in [3.8, 4) is 67.4 Å². The molecule has 0 bridgehead atoms. The van der Waals surface area contributed by atoms with Crippen molar-refractivity contribution in [2.75, 3.05) is 0 Å². The summed E-state index contributed by atoms with van der Waals surface area (Å²) in [6, 6.07) is 67.1. The van der Waals surface area contributed by atoms with Crippen LogP contribution in [0.4, 0.5) is 0 Å². The van der Waals surface area contributed by atoms with Gasteiger partial charge in [-0.2, -0.15) is 0 Å². The molecule has 2 heteroatoms. The average Bonchev–Trinajstić information content (AvgIpc) is 3.49. The molecule has 0 unspecified atom stereocenters. The second-order valence-corrected chi connectivity index (χ2v) is 13.1. The van der Waals surface area contributed by atoms with Crippen LogP contribution in [0.15, 0.2) is 188 Å². The lowest BCUT2D eigenvalue weighted by atomic mass is 9.66. The molecule has 50 heavy (non-hydrogen) atoms. The number of ether oxygens (including phenoxy) is 1. The molecule has 2 heterocycles. The fourth-order valence-electron chi connectivity index (χ4n) is 8.10. The second-order valence-electron chi connectivity index (χ2n) is 13.1. The minimum Gasteiger partial charge on any atom is -0.457 e. The summed E-state index contributed by atoms with van der Waals surface area (Å²) in [5, 5.41) is 0. The fraction of sp³-hybridized carbons (Fsp3) is 0.0208. The van der Waals surface area contributed by atoms with Crippen LogP contribution < -0.4 is 4.74 Å². The molecule has 10 rings (SSSR count). The highest BCUT2D eigenvalue weighted by Crippen LogP contribution is 2.62. The third-order valence-corrected chi connectivity index (χ3v) is 10.4. The maximum atomic E-state index is 6.71. The molecule has 0 N–H and O–H groups in total. The van der Waals surface area contributed by atoms with E-state index in [4.69, 9.17) is 9.72 Å². The number of para-hydroxylation sites is 1. The molecular weight excluding hydrogens is 607 g/mol. The first kappa shape index (κ1) is 28.5. The van der Waals surface area contributed by atoms with Gasteiger partial charge in [-0.25, -0.2) is 4.98 Å². The zero-order valence-electron chi connectivity index (χ0n) is 27.3. The molecule has 2 nitrogen and oxygen atoms in total. The topological polar surface area (TPSA) is 22.1 Å². The van der Waals surface area contributed by atoms with E-state index in [2.05, 4.69) is 188 Å². The molecule has 0 saturated heterocycles. The molecule has 0 radical (unpaired) electrons. The Morgan fingerprint density at radius 2 is 0.780 bits per heavy atom. The summed E-state index contributed by atoms with van der Waals surface area (Å²) in [4.78, 5) is 5.22. The lowest BCUT2D eigenvalue weighted by Gasteiger charge is -2.39. The van der Waals surface area contributed by atoms with E-state index in [1.807, 2.05) is 0 Å². The Hall–Kier alpha value is -6.51. The number of rotatable bonds is 4. The van der Waals surface area contributed by atoms with Crippen LogP contribution in [0.5, 0.6) is 11.5 Å². The molecule has 0 fully saturated rings. The molecule has 0 atom stereocenters. The molecule has 0 amide bonds. The normalized spacial score (nSPS) is 13.1. The van der Waals surface area contributed by atoms with Gasteiger partial charge in [-0.1, -0.05) is 158 Å². The van der Waals surface area contributed by atoms with E-state index in [0.717, 1.165) is 50.7 Å². The van der Waals surface area contributed by atoms with Crippen LogP contribution >= 0.6 is 0 Å². The van der Waals surface area contributed by atoms with Gasteiger partial charge in [0.25, 0.3) is 0 Å². The summed E-state index contributed by atoms with van der Waals surface area (Å²) in [5.41, 5.74) is 15.6. The van der Waals surface area contributed by atoms with E-state index in [1.165, 1.54) is 38.9 Å². The Balaban J connectivity index is 1.18. The monoisotopic (exact) mass is 637 g/mol. The van der Waals surface area contributed by atoms with Gasteiger partial charge in [0.15, 0.2) is 0 Å². The zero-order valence-corrected chi connectivity index (χ0v) is 27.3. The van der Waals surface area contributed by atoms with Crippen molar-refractivity contribution in [2.24, 2.45) is 0 Å². The van der Waals surface area contributed by atoms with Crippen LogP contribution in [0.25, 0.3) is 55.9 Å². The van der Waals surface area contributed by atoms with Gasteiger partial charge in [0.05, 0.1) is 16.8 Å². The Morgan fingerprint density at radius 1 is 0.320 bits per heavy atom. The summed E-state index contributed by atoms with van der Waals surface area (Å²) in [5.74, 6) is 1.78. The molecule has 1 aliphatic heterocycles. The lowest BCUT2D eigenvalue weighted by molar-refractivity contribution is 0.436. The largest absolute Gasteiger partial charge is 0.457 e. The molecule has 1 spiro atoms. The smallest absolute Gasteiger partial charge is 0.132 e. The maximum Gasteiger partial charge on any atom is 0.132 e. The highest BCUT2D eigenvalue weighted by molar-refractivity contribution is 5.89. The van der Waals surface area contributed by atoms with Crippen LogP contribution in [0.3, 0.4) is 0 Å². The molecular formula is C48H31NO. The second kappa shape index (κ2) is 11.3. The lowest BCUT2D eigenvalue weighted by Crippen LogP contribution is -2.32. The number of pyridine rings is 1. The SMILES string of the molecule is c1ccc(-c2ccc(-c3cc(-c4ccc5c(c4)C4(c6ccccc6O5)c5ccccc5-c5ccccc54)cc(-c4ccccc4)n3)cc2)cc1. The number of benzene rings is 7. The maximum absolute atomic E-state index is 6.71. The van der Waals surface area contributed by atoms with Gasteiger partial charge in [-0.15, -0.1) is 0 Å². The standard InChI is InChI=1S/C48H31NO/c1-3-13-32(14-4-1)33-23-25-35(26-24-33)45-31-37(30-44(49-45)34-15-5-2-6-16-34)36-27-28-47-43(29-36)48(42-21-11-12-22-46(42)50-47)40-19-9-7-17-38(40)39-18-8-10-20-41(39)48/h1-31H. The Labute approximate surface area is 292 Å². The molecule has 7 aromatic carbocycles. The van der Waals surface area contributed by atoms with Gasteiger partial charge in [0.1, 0.15) is 11.5 Å². The first-order valence-corrected chi connectivity index (χ1v) is 17.1. The van der Waals surface area contributed by atoms with Crippen LogP contribution in [0.1, 0.15) is 22.3 Å².